The lowest BCUT2D eigenvalue weighted by Gasteiger charge is -2.31. The quantitative estimate of drug-likeness (QED) is 0.136. The van der Waals surface area contributed by atoms with Crippen molar-refractivity contribution in [2.75, 3.05) is 9.80 Å². The molecule has 0 spiro atoms. The molecule has 0 atom stereocenters. The number of rotatable bonds is 10. The number of furan rings is 1. The van der Waals surface area contributed by atoms with Crippen molar-refractivity contribution in [2.45, 2.75) is 19.3 Å². The Labute approximate surface area is 421 Å². The molecule has 72 heavy (non-hydrogen) atoms. The van der Waals surface area contributed by atoms with E-state index in [0.717, 1.165) is 89.4 Å². The Kier molecular flexibility index (Phi) is 10.5. The minimum absolute atomic E-state index is 0.286. The summed E-state index contributed by atoms with van der Waals surface area (Å²) in [4.78, 5) is 4.82. The minimum Gasteiger partial charge on any atom is -0.454 e. The van der Waals surface area contributed by atoms with Crippen molar-refractivity contribution in [3.05, 3.63) is 278 Å². The molecular formula is C69H50N2O. The Morgan fingerprint density at radius 1 is 0.306 bits per heavy atom. The van der Waals surface area contributed by atoms with Gasteiger partial charge in [0.25, 0.3) is 0 Å². The Balaban J connectivity index is 1.11. The van der Waals surface area contributed by atoms with Crippen LogP contribution in [-0.4, -0.2) is 0 Å². The molecule has 11 aromatic carbocycles. The molecule has 1 aliphatic rings. The van der Waals surface area contributed by atoms with E-state index in [9.17, 15) is 0 Å². The normalized spacial score (nSPS) is 12.4. The van der Waals surface area contributed by atoms with Gasteiger partial charge in [-0.2, -0.15) is 0 Å². The van der Waals surface area contributed by atoms with Crippen LogP contribution in [0.15, 0.2) is 271 Å². The van der Waals surface area contributed by atoms with Crippen LogP contribution in [0.2, 0.25) is 0 Å². The largest absolute Gasteiger partial charge is 0.454 e. The van der Waals surface area contributed by atoms with Crippen molar-refractivity contribution < 1.29 is 4.42 Å². The van der Waals surface area contributed by atoms with Crippen LogP contribution in [0.5, 0.6) is 0 Å². The van der Waals surface area contributed by atoms with Crippen LogP contribution in [-0.2, 0) is 5.41 Å². The third-order valence-corrected chi connectivity index (χ3v) is 14.6. The highest BCUT2D eigenvalue weighted by molar-refractivity contribution is 6.11. The van der Waals surface area contributed by atoms with E-state index < -0.39 is 0 Å². The first-order valence-electron chi connectivity index (χ1n) is 24.8. The zero-order valence-electron chi connectivity index (χ0n) is 40.2. The number of benzene rings is 11. The molecule has 3 heteroatoms. The van der Waals surface area contributed by atoms with Crippen LogP contribution >= 0.6 is 0 Å². The average molecular weight is 923 g/mol. The molecule has 0 fully saturated rings. The first-order chi connectivity index (χ1) is 35.5. The maximum atomic E-state index is 6.98. The number of nitrogens with zero attached hydrogens (tertiary/aromatic N) is 2. The van der Waals surface area contributed by atoms with Gasteiger partial charge in [-0.05, 0) is 140 Å². The zero-order chi connectivity index (χ0) is 48.2. The molecule has 0 saturated heterocycles. The lowest BCUT2D eigenvalue weighted by molar-refractivity contribution is 0.660. The summed E-state index contributed by atoms with van der Waals surface area (Å²) >= 11 is 0. The molecule has 12 aromatic rings. The second-order valence-electron chi connectivity index (χ2n) is 19.3. The van der Waals surface area contributed by atoms with E-state index >= 15 is 0 Å². The summed E-state index contributed by atoms with van der Waals surface area (Å²) in [5.41, 5.74) is 22.0. The Bertz CT molecular complexity index is 3840. The highest BCUT2D eigenvalue weighted by Gasteiger charge is 2.37. The molecule has 0 unspecified atom stereocenters. The van der Waals surface area contributed by atoms with Gasteiger partial charge < -0.3 is 14.2 Å². The van der Waals surface area contributed by atoms with Crippen LogP contribution in [0.3, 0.4) is 0 Å². The molecule has 0 amide bonds. The van der Waals surface area contributed by atoms with Gasteiger partial charge in [0.2, 0.25) is 0 Å². The summed E-state index contributed by atoms with van der Waals surface area (Å²) in [5.74, 6) is 0. The van der Waals surface area contributed by atoms with Gasteiger partial charge in [0.15, 0.2) is 5.58 Å². The molecule has 1 aromatic heterocycles. The van der Waals surface area contributed by atoms with Crippen molar-refractivity contribution in [1.82, 2.24) is 0 Å². The molecule has 3 nitrogen and oxygen atoms in total. The van der Waals surface area contributed by atoms with Crippen LogP contribution < -0.4 is 9.80 Å². The zero-order valence-corrected chi connectivity index (χ0v) is 40.2. The monoisotopic (exact) mass is 922 g/mol. The second kappa shape index (κ2) is 17.7. The number of hydrogen-bond donors (Lipinski definition) is 0. The Morgan fingerprint density at radius 2 is 0.806 bits per heavy atom. The highest BCUT2D eigenvalue weighted by atomic mass is 16.3. The van der Waals surface area contributed by atoms with Crippen LogP contribution in [0.25, 0.3) is 77.6 Å². The number of hydrogen-bond acceptors (Lipinski definition) is 3. The van der Waals surface area contributed by atoms with Crippen molar-refractivity contribution in [1.29, 1.82) is 0 Å². The smallest absolute Gasteiger partial charge is 0.159 e. The summed E-state index contributed by atoms with van der Waals surface area (Å²) in [6.07, 6.45) is 0. The standard InChI is InChI=1S/C69H50N2O/c1-69(2)63-44-50(47-22-8-3-9-23-47)38-40-59(63)60-41-39-54(46-64(60)69)71(65-36-21-35-62-61-32-18-19-37-66(61)72-68(62)65)56-43-51(42-55(45-56)70(52-28-14-6-15-29-52)53-30-16-7-17-31-53)67-57(48-24-10-4-11-25-48)33-20-34-58(67)49-26-12-5-13-27-49/h3-46H,1-2H3. The van der Waals surface area contributed by atoms with E-state index in [1.165, 1.54) is 33.4 Å². The topological polar surface area (TPSA) is 19.6 Å². The lowest BCUT2D eigenvalue weighted by Crippen LogP contribution is -2.17. The summed E-state index contributed by atoms with van der Waals surface area (Å²) < 4.78 is 6.98. The third kappa shape index (κ3) is 7.37. The van der Waals surface area contributed by atoms with Gasteiger partial charge in [-0.25, -0.2) is 0 Å². The van der Waals surface area contributed by atoms with E-state index in [0.29, 0.717) is 0 Å². The summed E-state index contributed by atoms with van der Waals surface area (Å²) in [7, 11) is 0. The van der Waals surface area contributed by atoms with Crippen molar-refractivity contribution in [3.63, 3.8) is 0 Å². The van der Waals surface area contributed by atoms with E-state index in [-0.39, 0.29) is 5.41 Å². The minimum atomic E-state index is -0.286. The van der Waals surface area contributed by atoms with Gasteiger partial charge in [0.1, 0.15) is 5.58 Å². The van der Waals surface area contributed by atoms with Crippen LogP contribution in [0.1, 0.15) is 25.0 Å². The van der Waals surface area contributed by atoms with Gasteiger partial charge in [-0.15, -0.1) is 0 Å². The van der Waals surface area contributed by atoms with Gasteiger partial charge >= 0.3 is 0 Å². The summed E-state index contributed by atoms with van der Waals surface area (Å²) in [6, 6.07) is 96.7. The van der Waals surface area contributed by atoms with E-state index in [1.54, 1.807) is 0 Å². The SMILES string of the molecule is CC1(C)c2cc(-c3ccccc3)ccc2-c2ccc(N(c3cc(-c4c(-c5ccccc5)cccc4-c4ccccc4)cc(N(c4ccccc4)c4ccccc4)c3)c3cccc4c3oc3ccccc34)cc21. The maximum Gasteiger partial charge on any atom is 0.159 e. The highest BCUT2D eigenvalue weighted by Crippen LogP contribution is 2.54. The van der Waals surface area contributed by atoms with Gasteiger partial charge in [-0.3, -0.25) is 0 Å². The van der Waals surface area contributed by atoms with Crippen LogP contribution in [0.4, 0.5) is 34.1 Å². The lowest BCUT2D eigenvalue weighted by atomic mass is 9.81. The Hall–Kier alpha value is -9.18. The van der Waals surface area contributed by atoms with Gasteiger partial charge in [0, 0.05) is 44.6 Å². The number of para-hydroxylation sites is 4. The van der Waals surface area contributed by atoms with Crippen LogP contribution in [0, 0.1) is 0 Å². The first-order valence-corrected chi connectivity index (χ1v) is 24.8. The molecule has 13 rings (SSSR count). The van der Waals surface area contributed by atoms with E-state index in [2.05, 4.69) is 291 Å². The fourth-order valence-electron chi connectivity index (χ4n) is 11.2. The maximum absolute atomic E-state index is 6.98. The molecule has 0 bridgehead atoms. The summed E-state index contributed by atoms with van der Waals surface area (Å²) in [5, 5.41) is 2.16. The molecule has 0 aliphatic heterocycles. The third-order valence-electron chi connectivity index (χ3n) is 14.6. The molecule has 1 aliphatic carbocycles. The fourth-order valence-corrected chi connectivity index (χ4v) is 11.2. The Morgan fingerprint density at radius 3 is 1.43 bits per heavy atom. The van der Waals surface area contributed by atoms with Gasteiger partial charge in [-0.1, -0.05) is 208 Å². The van der Waals surface area contributed by atoms with Crippen molar-refractivity contribution >= 4 is 56.1 Å². The van der Waals surface area contributed by atoms with Crippen molar-refractivity contribution in [2.24, 2.45) is 0 Å². The fraction of sp³-hybridized carbons (Fsp3) is 0.0435. The molecular weight excluding hydrogens is 873 g/mol. The molecule has 0 radical (unpaired) electrons. The molecule has 0 saturated carbocycles. The van der Waals surface area contributed by atoms with Crippen molar-refractivity contribution in [3.8, 4) is 55.6 Å². The van der Waals surface area contributed by atoms with Gasteiger partial charge in [0.05, 0.1) is 5.69 Å². The molecule has 342 valence electrons. The van der Waals surface area contributed by atoms with E-state index in [1.807, 2.05) is 0 Å². The first kappa shape index (κ1) is 42.9. The number of anilines is 6. The number of fused-ring (bicyclic) bond motifs is 6. The predicted octanol–water partition coefficient (Wildman–Crippen LogP) is 19.5. The molecule has 1 heterocycles. The second-order valence-corrected chi connectivity index (χ2v) is 19.3. The average Bonchev–Trinajstić information content (AvgIpc) is 3.94. The summed E-state index contributed by atoms with van der Waals surface area (Å²) in [6.45, 7) is 4.75. The molecule has 0 N–H and O–H groups in total. The predicted molar refractivity (Wildman–Crippen MR) is 302 cm³/mol. The van der Waals surface area contributed by atoms with E-state index in [4.69, 9.17) is 4.42 Å².